The first-order valence-electron chi connectivity index (χ1n) is 6.43. The van der Waals surface area contributed by atoms with Gasteiger partial charge in [-0.2, -0.15) is 0 Å². The Morgan fingerprint density at radius 3 is 2.86 bits per heavy atom. The third-order valence-electron chi connectivity index (χ3n) is 3.24. The Balaban J connectivity index is 1.75. The van der Waals surface area contributed by atoms with E-state index >= 15 is 0 Å². The number of halogens is 1. The molecule has 0 aromatic heterocycles. The lowest BCUT2D eigenvalue weighted by Crippen LogP contribution is -2.04. The van der Waals surface area contributed by atoms with Crippen molar-refractivity contribution in [3.05, 3.63) is 41.7 Å². The molecule has 0 aliphatic carbocycles. The number of rotatable bonds is 4. The summed E-state index contributed by atoms with van der Waals surface area (Å²) in [6, 6.07) is 8.45. The highest BCUT2D eigenvalue weighted by molar-refractivity contribution is 5.68. The molecular formula is C15H15FN2O3. The van der Waals surface area contributed by atoms with Gasteiger partial charge in [-0.25, -0.2) is 4.39 Å². The van der Waals surface area contributed by atoms with Crippen LogP contribution >= 0.6 is 0 Å². The van der Waals surface area contributed by atoms with E-state index in [4.69, 9.17) is 19.9 Å². The number of nitrogens with two attached hydrogens (primary N) is 1. The van der Waals surface area contributed by atoms with Crippen LogP contribution in [-0.4, -0.2) is 13.9 Å². The first-order chi connectivity index (χ1) is 10.2. The lowest BCUT2D eigenvalue weighted by Gasteiger charge is -2.12. The van der Waals surface area contributed by atoms with Gasteiger partial charge in [-0.3, -0.25) is 0 Å². The molecule has 0 amide bonds. The van der Waals surface area contributed by atoms with Crippen LogP contribution in [0.4, 0.5) is 15.8 Å². The van der Waals surface area contributed by atoms with E-state index < -0.39 is 5.82 Å². The summed E-state index contributed by atoms with van der Waals surface area (Å²) in [5, 5.41) is 3.15. The summed E-state index contributed by atoms with van der Waals surface area (Å²) in [5.41, 5.74) is 7.74. The highest BCUT2D eigenvalue weighted by Crippen LogP contribution is 2.33. The smallest absolute Gasteiger partial charge is 0.231 e. The Bertz CT molecular complexity index is 676. The maximum absolute atomic E-state index is 13.5. The number of benzene rings is 2. The molecule has 0 atom stereocenters. The molecule has 2 aromatic carbocycles. The number of methoxy groups -OCH3 is 1. The zero-order chi connectivity index (χ0) is 14.8. The topological polar surface area (TPSA) is 65.7 Å². The lowest BCUT2D eigenvalue weighted by molar-refractivity contribution is 0.174. The summed E-state index contributed by atoms with van der Waals surface area (Å²) in [5.74, 6) is 1.13. The molecule has 1 aliphatic heterocycles. The van der Waals surface area contributed by atoms with E-state index in [-0.39, 0.29) is 12.5 Å². The third kappa shape index (κ3) is 2.65. The van der Waals surface area contributed by atoms with Crippen molar-refractivity contribution in [2.75, 3.05) is 25.0 Å². The van der Waals surface area contributed by atoms with Gasteiger partial charge in [-0.1, -0.05) is 6.07 Å². The average molecular weight is 290 g/mol. The molecule has 6 heteroatoms. The monoisotopic (exact) mass is 290 g/mol. The van der Waals surface area contributed by atoms with Gasteiger partial charge in [0.25, 0.3) is 0 Å². The van der Waals surface area contributed by atoms with Crippen molar-refractivity contribution >= 4 is 11.4 Å². The normalized spacial score (nSPS) is 12.3. The minimum atomic E-state index is -0.483. The largest absolute Gasteiger partial charge is 0.494 e. The number of hydrogen-bond acceptors (Lipinski definition) is 5. The molecule has 1 aliphatic rings. The molecule has 0 fully saturated rings. The van der Waals surface area contributed by atoms with Crippen LogP contribution in [0.1, 0.15) is 5.56 Å². The van der Waals surface area contributed by atoms with Crippen molar-refractivity contribution in [3.63, 3.8) is 0 Å². The first-order valence-corrected chi connectivity index (χ1v) is 6.43. The average Bonchev–Trinajstić information content (AvgIpc) is 2.94. The van der Waals surface area contributed by atoms with Crippen LogP contribution in [0.15, 0.2) is 30.3 Å². The Labute approximate surface area is 121 Å². The molecule has 110 valence electrons. The van der Waals surface area contributed by atoms with Crippen molar-refractivity contribution in [2.45, 2.75) is 6.54 Å². The van der Waals surface area contributed by atoms with Gasteiger partial charge in [0.05, 0.1) is 18.5 Å². The van der Waals surface area contributed by atoms with E-state index in [1.807, 2.05) is 18.2 Å². The molecule has 0 saturated carbocycles. The van der Waals surface area contributed by atoms with Crippen molar-refractivity contribution < 1.29 is 18.6 Å². The van der Waals surface area contributed by atoms with E-state index in [9.17, 15) is 4.39 Å². The summed E-state index contributed by atoms with van der Waals surface area (Å²) in [7, 11) is 1.41. The number of hydrogen-bond donors (Lipinski definition) is 2. The molecule has 0 unspecified atom stereocenters. The standard InChI is InChI=1S/C15H15FN2O3/c1-19-14-6-12(11(17)5-10(14)16)18-7-9-2-3-13-15(4-9)21-8-20-13/h2-6,18H,7-8,17H2,1H3. The quantitative estimate of drug-likeness (QED) is 0.848. The Morgan fingerprint density at radius 2 is 2.05 bits per heavy atom. The van der Waals surface area contributed by atoms with Crippen molar-refractivity contribution in [3.8, 4) is 17.2 Å². The fraction of sp³-hybridized carbons (Fsp3) is 0.200. The first kappa shape index (κ1) is 13.4. The number of fused-ring (bicyclic) bond motifs is 1. The maximum atomic E-state index is 13.5. The van der Waals surface area contributed by atoms with Gasteiger partial charge in [0.1, 0.15) is 0 Å². The summed E-state index contributed by atoms with van der Waals surface area (Å²) in [4.78, 5) is 0. The van der Waals surface area contributed by atoms with Crippen LogP contribution in [-0.2, 0) is 6.54 Å². The van der Waals surface area contributed by atoms with Gasteiger partial charge in [-0.15, -0.1) is 0 Å². The van der Waals surface area contributed by atoms with Gasteiger partial charge in [0.2, 0.25) is 6.79 Å². The summed E-state index contributed by atoms with van der Waals surface area (Å²) >= 11 is 0. The van der Waals surface area contributed by atoms with E-state index in [0.717, 1.165) is 17.1 Å². The van der Waals surface area contributed by atoms with Gasteiger partial charge in [0, 0.05) is 18.7 Å². The van der Waals surface area contributed by atoms with Crippen molar-refractivity contribution in [1.29, 1.82) is 0 Å². The van der Waals surface area contributed by atoms with E-state index in [0.29, 0.717) is 17.9 Å². The highest BCUT2D eigenvalue weighted by Gasteiger charge is 2.13. The zero-order valence-corrected chi connectivity index (χ0v) is 11.5. The van der Waals surface area contributed by atoms with Crippen LogP contribution in [0.5, 0.6) is 17.2 Å². The van der Waals surface area contributed by atoms with Gasteiger partial charge >= 0.3 is 0 Å². The fourth-order valence-corrected chi connectivity index (χ4v) is 2.13. The predicted octanol–water partition coefficient (Wildman–Crippen LogP) is 2.76. The van der Waals surface area contributed by atoms with E-state index in [1.54, 1.807) is 0 Å². The molecule has 0 bridgehead atoms. The molecule has 0 spiro atoms. The Hall–Kier alpha value is -2.63. The molecule has 1 heterocycles. The predicted molar refractivity (Wildman–Crippen MR) is 77.3 cm³/mol. The lowest BCUT2D eigenvalue weighted by atomic mass is 10.2. The molecule has 3 rings (SSSR count). The summed E-state index contributed by atoms with van der Waals surface area (Å²) in [6.45, 7) is 0.768. The number of anilines is 2. The number of ether oxygens (including phenoxy) is 3. The van der Waals surface area contributed by atoms with Crippen LogP contribution < -0.4 is 25.3 Å². The van der Waals surface area contributed by atoms with Gasteiger partial charge in [0.15, 0.2) is 23.1 Å². The molecule has 0 radical (unpaired) electrons. The summed E-state index contributed by atoms with van der Waals surface area (Å²) in [6.07, 6.45) is 0. The highest BCUT2D eigenvalue weighted by atomic mass is 19.1. The van der Waals surface area contributed by atoms with Crippen LogP contribution in [0.25, 0.3) is 0 Å². The fourth-order valence-electron chi connectivity index (χ4n) is 2.13. The number of nitrogens with one attached hydrogen (secondary N) is 1. The molecule has 2 aromatic rings. The van der Waals surface area contributed by atoms with E-state index in [2.05, 4.69) is 5.32 Å². The van der Waals surface area contributed by atoms with Crippen LogP contribution in [0.2, 0.25) is 0 Å². The summed E-state index contributed by atoms with van der Waals surface area (Å²) < 4.78 is 29.0. The maximum Gasteiger partial charge on any atom is 0.231 e. The van der Waals surface area contributed by atoms with Crippen molar-refractivity contribution in [1.82, 2.24) is 0 Å². The van der Waals surface area contributed by atoms with Gasteiger partial charge in [-0.05, 0) is 17.7 Å². The molecule has 0 saturated heterocycles. The molecular weight excluding hydrogens is 275 g/mol. The Morgan fingerprint density at radius 1 is 1.24 bits per heavy atom. The minimum absolute atomic E-state index is 0.150. The molecule has 3 N–H and O–H groups in total. The minimum Gasteiger partial charge on any atom is -0.494 e. The SMILES string of the molecule is COc1cc(NCc2ccc3c(c2)OCO3)c(N)cc1F. The Kier molecular flexibility index (Phi) is 3.43. The molecule has 21 heavy (non-hydrogen) atoms. The molecule has 5 nitrogen and oxygen atoms in total. The van der Waals surface area contributed by atoms with Crippen LogP contribution in [0.3, 0.4) is 0 Å². The third-order valence-corrected chi connectivity index (χ3v) is 3.24. The number of nitrogen functional groups attached to an aromatic ring is 1. The van der Waals surface area contributed by atoms with Gasteiger partial charge < -0.3 is 25.3 Å². The second-order valence-corrected chi connectivity index (χ2v) is 4.62. The zero-order valence-electron chi connectivity index (χ0n) is 11.5. The second kappa shape index (κ2) is 5.40. The van der Waals surface area contributed by atoms with E-state index in [1.165, 1.54) is 19.2 Å². The second-order valence-electron chi connectivity index (χ2n) is 4.62. The van der Waals surface area contributed by atoms with Crippen molar-refractivity contribution in [2.24, 2.45) is 0 Å². The van der Waals surface area contributed by atoms with Crippen LogP contribution in [0, 0.1) is 5.82 Å².